The highest BCUT2D eigenvalue weighted by atomic mass is 16.5. The van der Waals surface area contributed by atoms with E-state index in [1.165, 1.54) is 48.5 Å². The summed E-state index contributed by atoms with van der Waals surface area (Å²) >= 11 is 0. The number of unbranched alkanes of at least 4 members (excludes halogenated alkanes) is 1. The third-order valence-electron chi connectivity index (χ3n) is 5.00. The van der Waals surface area contributed by atoms with Crippen molar-refractivity contribution in [3.63, 3.8) is 0 Å². The number of carbonyl (C=O) groups excluding carboxylic acids is 3. The van der Waals surface area contributed by atoms with Crippen LogP contribution in [0.5, 0.6) is 17.2 Å². The highest BCUT2D eigenvalue weighted by Crippen LogP contribution is 2.20. The Morgan fingerprint density at radius 1 is 0.703 bits per heavy atom. The van der Waals surface area contributed by atoms with Crippen LogP contribution in [-0.2, 0) is 9.53 Å². The minimum atomic E-state index is -1.62. The quantitative estimate of drug-likeness (QED) is 0.126. The predicted octanol–water partition coefficient (Wildman–Crippen LogP) is 2.69. The maximum atomic E-state index is 12.4. The van der Waals surface area contributed by atoms with Crippen LogP contribution in [0.25, 0.3) is 0 Å². The molecule has 10 heteroatoms. The molecular weight excluding hydrogens is 479 g/mol. The summed E-state index contributed by atoms with van der Waals surface area (Å²) in [5.74, 6) is -0.534. The number of carbonyl (C=O) groups is 3. The van der Waals surface area contributed by atoms with E-state index in [-0.39, 0.29) is 22.5 Å². The predicted molar refractivity (Wildman–Crippen MR) is 135 cm³/mol. The molecule has 0 aliphatic heterocycles. The van der Waals surface area contributed by atoms with Crippen molar-refractivity contribution >= 4 is 30.5 Å². The van der Waals surface area contributed by atoms with Crippen molar-refractivity contribution in [2.24, 2.45) is 0 Å². The van der Waals surface area contributed by atoms with Gasteiger partial charge in [0.05, 0.1) is 24.3 Å². The van der Waals surface area contributed by atoms with Gasteiger partial charge in [-0.2, -0.15) is 0 Å². The normalized spacial score (nSPS) is 10.2. The SMILES string of the molecule is C=CC(=O)OCCCCOc1ccc(C(=O)Oc2ccc(OC(=O)c3ccc(B(O)O)cc3)cc2)cc1. The topological polar surface area (TPSA) is 129 Å². The van der Waals surface area contributed by atoms with Crippen molar-refractivity contribution in [2.45, 2.75) is 12.8 Å². The zero-order valence-corrected chi connectivity index (χ0v) is 19.9. The summed E-state index contributed by atoms with van der Waals surface area (Å²) in [6, 6.07) is 18.1. The average Bonchev–Trinajstić information content (AvgIpc) is 2.91. The smallest absolute Gasteiger partial charge is 0.488 e. The molecule has 0 spiro atoms. The van der Waals surface area contributed by atoms with Crippen molar-refractivity contribution in [3.8, 4) is 17.2 Å². The second-order valence-electron chi connectivity index (χ2n) is 7.70. The van der Waals surface area contributed by atoms with E-state index in [1.54, 1.807) is 24.3 Å². The molecule has 0 unspecified atom stereocenters. The van der Waals surface area contributed by atoms with Crippen LogP contribution in [0.4, 0.5) is 0 Å². The molecule has 0 aliphatic rings. The average molecular weight is 504 g/mol. The van der Waals surface area contributed by atoms with Gasteiger partial charge in [0.1, 0.15) is 17.2 Å². The third-order valence-corrected chi connectivity index (χ3v) is 5.00. The van der Waals surface area contributed by atoms with Gasteiger partial charge >= 0.3 is 25.0 Å². The largest absolute Gasteiger partial charge is 0.494 e. The summed E-state index contributed by atoms with van der Waals surface area (Å²) < 4.78 is 21.1. The fraction of sp³-hybridized carbons (Fsp3) is 0.148. The molecule has 0 heterocycles. The van der Waals surface area contributed by atoms with Crippen LogP contribution in [0, 0.1) is 0 Å². The van der Waals surface area contributed by atoms with Crippen LogP contribution in [0.1, 0.15) is 33.6 Å². The van der Waals surface area contributed by atoms with Gasteiger partial charge in [0.25, 0.3) is 0 Å². The van der Waals surface area contributed by atoms with E-state index in [2.05, 4.69) is 6.58 Å². The second kappa shape index (κ2) is 13.6. The zero-order chi connectivity index (χ0) is 26.6. The van der Waals surface area contributed by atoms with Gasteiger partial charge in [-0.05, 0) is 79.0 Å². The first-order valence-corrected chi connectivity index (χ1v) is 11.4. The van der Waals surface area contributed by atoms with Gasteiger partial charge in [0.15, 0.2) is 0 Å². The summed E-state index contributed by atoms with van der Waals surface area (Å²) in [5, 5.41) is 18.2. The van der Waals surface area contributed by atoms with Gasteiger partial charge in [-0.1, -0.05) is 18.7 Å². The highest BCUT2D eigenvalue weighted by Gasteiger charge is 2.14. The van der Waals surface area contributed by atoms with Crippen LogP contribution in [0.2, 0.25) is 0 Å². The van der Waals surface area contributed by atoms with Gasteiger partial charge in [-0.25, -0.2) is 14.4 Å². The Balaban J connectivity index is 1.44. The Morgan fingerprint density at radius 3 is 1.65 bits per heavy atom. The molecule has 37 heavy (non-hydrogen) atoms. The van der Waals surface area contributed by atoms with Crippen molar-refractivity contribution in [3.05, 3.63) is 96.6 Å². The van der Waals surface area contributed by atoms with Gasteiger partial charge in [0, 0.05) is 6.08 Å². The van der Waals surface area contributed by atoms with E-state index >= 15 is 0 Å². The van der Waals surface area contributed by atoms with Gasteiger partial charge in [0.2, 0.25) is 0 Å². The minimum Gasteiger partial charge on any atom is -0.494 e. The van der Waals surface area contributed by atoms with Crippen molar-refractivity contribution < 1.29 is 43.4 Å². The molecule has 2 N–H and O–H groups in total. The Labute approximate surface area is 214 Å². The number of esters is 3. The first kappa shape index (κ1) is 27.2. The molecule has 0 saturated carbocycles. The lowest BCUT2D eigenvalue weighted by atomic mass is 9.80. The number of rotatable bonds is 12. The molecule has 3 aromatic carbocycles. The molecular formula is C27H25BO9. The number of ether oxygens (including phenoxy) is 4. The molecule has 0 fully saturated rings. The molecule has 9 nitrogen and oxygen atoms in total. The minimum absolute atomic E-state index is 0.237. The molecule has 0 amide bonds. The molecule has 0 aliphatic carbocycles. The number of benzene rings is 3. The van der Waals surface area contributed by atoms with Crippen LogP contribution < -0.4 is 19.7 Å². The van der Waals surface area contributed by atoms with E-state index in [9.17, 15) is 14.4 Å². The molecule has 190 valence electrons. The van der Waals surface area contributed by atoms with E-state index in [1.807, 2.05) is 0 Å². The van der Waals surface area contributed by atoms with Crippen LogP contribution in [0.3, 0.4) is 0 Å². The molecule has 0 bridgehead atoms. The standard InChI is InChI=1S/C27H25BO9/c1-2-25(29)35-18-4-3-17-34-22-11-7-20(8-12-22)27(31)37-24-15-13-23(14-16-24)36-26(30)19-5-9-21(10-6-19)28(32)33/h2,5-16,32-33H,1,3-4,17-18H2. The zero-order valence-electron chi connectivity index (χ0n) is 19.9. The molecule has 3 aromatic rings. The Hall–Kier alpha value is -4.41. The van der Waals surface area contributed by atoms with Crippen molar-refractivity contribution in [1.82, 2.24) is 0 Å². The Bertz CT molecular complexity index is 1200. The lowest BCUT2D eigenvalue weighted by Crippen LogP contribution is -2.29. The molecule has 0 saturated heterocycles. The van der Waals surface area contributed by atoms with Crippen LogP contribution >= 0.6 is 0 Å². The summed E-state index contributed by atoms with van der Waals surface area (Å²) in [6.07, 6.45) is 2.47. The number of hydrogen-bond acceptors (Lipinski definition) is 9. The molecule has 3 rings (SSSR count). The third kappa shape index (κ3) is 8.64. The molecule has 0 atom stereocenters. The fourth-order valence-electron chi connectivity index (χ4n) is 3.01. The van der Waals surface area contributed by atoms with E-state index in [4.69, 9.17) is 29.0 Å². The summed E-state index contributed by atoms with van der Waals surface area (Å²) in [4.78, 5) is 35.6. The Kier molecular flexibility index (Phi) is 10.0. The first-order chi connectivity index (χ1) is 17.9. The molecule has 0 radical (unpaired) electrons. The lowest BCUT2D eigenvalue weighted by molar-refractivity contribution is -0.137. The Morgan fingerprint density at radius 2 is 1.16 bits per heavy atom. The summed E-state index contributed by atoms with van der Waals surface area (Å²) in [6.45, 7) is 4.06. The van der Waals surface area contributed by atoms with Gasteiger partial charge in [-0.15, -0.1) is 0 Å². The van der Waals surface area contributed by atoms with E-state index < -0.39 is 25.0 Å². The van der Waals surface area contributed by atoms with E-state index in [0.717, 1.165) is 6.08 Å². The van der Waals surface area contributed by atoms with Gasteiger partial charge < -0.3 is 29.0 Å². The monoisotopic (exact) mass is 504 g/mol. The van der Waals surface area contributed by atoms with Crippen LogP contribution in [-0.4, -0.2) is 48.3 Å². The fourth-order valence-corrected chi connectivity index (χ4v) is 3.01. The van der Waals surface area contributed by atoms with Crippen LogP contribution in [0.15, 0.2) is 85.5 Å². The summed E-state index contributed by atoms with van der Waals surface area (Å²) in [5.41, 5.74) is 0.822. The van der Waals surface area contributed by atoms with Crippen molar-refractivity contribution in [2.75, 3.05) is 13.2 Å². The maximum Gasteiger partial charge on any atom is 0.488 e. The van der Waals surface area contributed by atoms with Gasteiger partial charge in [-0.3, -0.25) is 0 Å². The van der Waals surface area contributed by atoms with E-state index in [0.29, 0.717) is 37.4 Å². The maximum absolute atomic E-state index is 12.4. The number of hydrogen-bond donors (Lipinski definition) is 2. The molecule has 0 aromatic heterocycles. The highest BCUT2D eigenvalue weighted by molar-refractivity contribution is 6.58. The first-order valence-electron chi connectivity index (χ1n) is 11.4. The summed E-state index contributed by atoms with van der Waals surface area (Å²) in [7, 11) is -1.62. The second-order valence-corrected chi connectivity index (χ2v) is 7.70. The van der Waals surface area contributed by atoms with Crippen molar-refractivity contribution in [1.29, 1.82) is 0 Å². The lowest BCUT2D eigenvalue weighted by Gasteiger charge is -2.09.